The summed E-state index contributed by atoms with van der Waals surface area (Å²) in [5, 5.41) is 14.1. The van der Waals surface area contributed by atoms with Gasteiger partial charge in [0.2, 0.25) is 5.15 Å². The molecule has 1 aromatic rings. The number of hydrogen-bond acceptors (Lipinski definition) is 6. The van der Waals surface area contributed by atoms with Gasteiger partial charge in [-0.05, 0) is 46.1 Å². The van der Waals surface area contributed by atoms with E-state index >= 15 is 0 Å². The monoisotopic (exact) mass is 384 g/mol. The summed E-state index contributed by atoms with van der Waals surface area (Å²) >= 11 is 6.05. The van der Waals surface area contributed by atoms with Crippen LogP contribution < -0.4 is 10.2 Å². The fraction of sp³-hybridized carbons (Fsp3) is 0.647. The molecule has 1 unspecified atom stereocenters. The number of rotatable bonds is 4. The van der Waals surface area contributed by atoms with E-state index in [9.17, 15) is 14.9 Å². The number of halogens is 1. The smallest absolute Gasteiger partial charge is 0.407 e. The predicted octanol–water partition coefficient (Wildman–Crippen LogP) is 3.70. The lowest BCUT2D eigenvalue weighted by molar-refractivity contribution is -0.384. The Morgan fingerprint density at radius 3 is 2.81 bits per heavy atom. The van der Waals surface area contributed by atoms with E-state index in [1.165, 1.54) is 0 Å². The van der Waals surface area contributed by atoms with Crippen molar-refractivity contribution in [3.63, 3.8) is 0 Å². The summed E-state index contributed by atoms with van der Waals surface area (Å²) in [4.78, 5) is 28.9. The maximum atomic E-state index is 12.0. The normalized spacial score (nSPS) is 17.7. The van der Waals surface area contributed by atoms with Gasteiger partial charge < -0.3 is 15.0 Å². The van der Waals surface area contributed by atoms with E-state index in [-0.39, 0.29) is 16.9 Å². The van der Waals surface area contributed by atoms with Gasteiger partial charge in [-0.3, -0.25) is 10.1 Å². The Kier molecular flexibility index (Phi) is 6.28. The van der Waals surface area contributed by atoms with Gasteiger partial charge in [-0.15, -0.1) is 0 Å². The third kappa shape index (κ3) is 5.20. The fourth-order valence-corrected chi connectivity index (χ4v) is 3.15. The first-order valence-corrected chi connectivity index (χ1v) is 9.06. The molecule has 8 nitrogen and oxygen atoms in total. The van der Waals surface area contributed by atoms with Gasteiger partial charge in [0.15, 0.2) is 0 Å². The predicted molar refractivity (Wildman–Crippen MR) is 99.9 cm³/mol. The van der Waals surface area contributed by atoms with E-state index in [1.807, 2.05) is 32.6 Å². The lowest BCUT2D eigenvalue weighted by Gasteiger charge is -2.34. The third-order valence-corrected chi connectivity index (χ3v) is 4.26. The molecule has 1 N–H and O–H groups in total. The molecule has 1 amide bonds. The highest BCUT2D eigenvalue weighted by Crippen LogP contribution is 2.36. The molecule has 0 aromatic carbocycles. The first-order valence-electron chi connectivity index (χ1n) is 8.68. The zero-order valence-corrected chi connectivity index (χ0v) is 16.3. The highest BCUT2D eigenvalue weighted by molar-refractivity contribution is 6.32. The Balaban J connectivity index is 2.20. The van der Waals surface area contributed by atoms with Crippen molar-refractivity contribution in [2.24, 2.45) is 0 Å². The number of amides is 1. The van der Waals surface area contributed by atoms with Gasteiger partial charge in [-0.2, -0.15) is 0 Å². The van der Waals surface area contributed by atoms with Crippen LogP contribution in [0.5, 0.6) is 0 Å². The first-order chi connectivity index (χ1) is 12.1. The molecule has 1 atom stereocenters. The lowest BCUT2D eigenvalue weighted by Crippen LogP contribution is -2.46. The maximum Gasteiger partial charge on any atom is 0.407 e. The molecule has 9 heteroatoms. The average molecular weight is 385 g/mol. The van der Waals surface area contributed by atoms with Crippen LogP contribution in [0.25, 0.3) is 0 Å². The Morgan fingerprint density at radius 2 is 2.23 bits per heavy atom. The van der Waals surface area contributed by atoms with Crippen molar-refractivity contribution in [3.8, 4) is 0 Å². The maximum absolute atomic E-state index is 12.0. The van der Waals surface area contributed by atoms with Crippen LogP contribution >= 0.6 is 11.6 Å². The average Bonchev–Trinajstić information content (AvgIpc) is 2.51. The first kappa shape index (κ1) is 20.2. The largest absolute Gasteiger partial charge is 0.444 e. The van der Waals surface area contributed by atoms with Gasteiger partial charge in [-0.1, -0.05) is 18.5 Å². The second kappa shape index (κ2) is 8.07. The molecular weight excluding hydrogens is 360 g/mol. The summed E-state index contributed by atoms with van der Waals surface area (Å²) in [5.41, 5.74) is 0.517. The quantitative estimate of drug-likeness (QED) is 0.483. The van der Waals surface area contributed by atoms with Crippen molar-refractivity contribution in [1.82, 2.24) is 10.3 Å². The zero-order chi connectivity index (χ0) is 19.5. The minimum atomic E-state index is -0.513. The number of aryl methyl sites for hydroxylation is 1. The number of pyridine rings is 1. The van der Waals surface area contributed by atoms with Crippen LogP contribution in [-0.4, -0.2) is 40.7 Å². The third-order valence-electron chi connectivity index (χ3n) is 4.00. The zero-order valence-electron chi connectivity index (χ0n) is 15.5. The molecule has 144 valence electrons. The Morgan fingerprint density at radius 1 is 1.54 bits per heavy atom. The van der Waals surface area contributed by atoms with Crippen LogP contribution in [0.3, 0.4) is 0 Å². The number of carbonyl (C=O) groups is 1. The summed E-state index contributed by atoms with van der Waals surface area (Å²) in [6.07, 6.45) is 1.25. The molecule has 1 aliphatic heterocycles. The van der Waals surface area contributed by atoms with Gasteiger partial charge in [0, 0.05) is 17.8 Å². The Hall–Kier alpha value is -2.09. The van der Waals surface area contributed by atoms with E-state index in [4.69, 9.17) is 16.3 Å². The van der Waals surface area contributed by atoms with Gasteiger partial charge in [0.05, 0.1) is 11.5 Å². The molecular formula is C17H25ClN4O4. The number of hydrogen-bond donors (Lipinski definition) is 1. The summed E-state index contributed by atoms with van der Waals surface area (Å²) < 4.78 is 5.50. The molecule has 1 fully saturated rings. The van der Waals surface area contributed by atoms with Gasteiger partial charge in [0.1, 0.15) is 11.8 Å². The molecule has 1 aromatic heterocycles. The number of piperidine rings is 1. The minimum Gasteiger partial charge on any atom is -0.444 e. The van der Waals surface area contributed by atoms with E-state index in [2.05, 4.69) is 10.3 Å². The van der Waals surface area contributed by atoms with Crippen LogP contribution in [0.15, 0.2) is 6.07 Å². The molecule has 0 bridgehead atoms. The van der Waals surface area contributed by atoms with Crippen molar-refractivity contribution in [3.05, 3.63) is 27.0 Å². The highest BCUT2D eigenvalue weighted by Gasteiger charge is 2.31. The Labute approximate surface area is 158 Å². The Bertz CT molecular complexity index is 690. The van der Waals surface area contributed by atoms with Crippen molar-refractivity contribution in [2.75, 3.05) is 18.0 Å². The number of aromatic nitrogens is 1. The summed E-state index contributed by atoms with van der Waals surface area (Å²) in [7, 11) is 0. The van der Waals surface area contributed by atoms with Crippen LogP contribution in [0.2, 0.25) is 5.15 Å². The van der Waals surface area contributed by atoms with Crippen molar-refractivity contribution in [1.29, 1.82) is 0 Å². The van der Waals surface area contributed by atoms with Crippen LogP contribution in [-0.2, 0) is 11.2 Å². The molecule has 0 spiro atoms. The van der Waals surface area contributed by atoms with Gasteiger partial charge in [0.25, 0.3) is 0 Å². The van der Waals surface area contributed by atoms with Gasteiger partial charge in [-0.25, -0.2) is 9.78 Å². The standard InChI is InChI=1S/C17H25ClN4O4/c1-5-11-9-13(14(22(24)25)15(18)19-11)21-8-6-7-12(10-21)26-16(23)20-17(2,3)4/h9,12H,5-8,10H2,1-4H3,(H,20,23). The molecule has 0 radical (unpaired) electrons. The van der Waals surface area contributed by atoms with E-state index in [0.717, 1.165) is 6.42 Å². The number of ether oxygens (including phenoxy) is 1. The molecule has 0 aliphatic carbocycles. The number of nitro groups is 1. The number of anilines is 1. The van der Waals surface area contributed by atoms with E-state index < -0.39 is 16.6 Å². The summed E-state index contributed by atoms with van der Waals surface area (Å²) in [6, 6.07) is 1.70. The van der Waals surface area contributed by atoms with E-state index in [0.29, 0.717) is 37.3 Å². The van der Waals surface area contributed by atoms with Crippen molar-refractivity contribution < 1.29 is 14.5 Å². The second-order valence-electron chi connectivity index (χ2n) is 7.37. The number of carbonyl (C=O) groups excluding carboxylic acids is 1. The number of nitrogens with one attached hydrogen (secondary N) is 1. The number of alkyl carbamates (subject to hydrolysis) is 1. The highest BCUT2D eigenvalue weighted by atomic mass is 35.5. The summed E-state index contributed by atoms with van der Waals surface area (Å²) in [6.45, 7) is 8.53. The molecule has 26 heavy (non-hydrogen) atoms. The number of nitrogens with zero attached hydrogens (tertiary/aromatic N) is 3. The molecule has 2 rings (SSSR count). The van der Waals surface area contributed by atoms with E-state index in [1.54, 1.807) is 6.07 Å². The van der Waals surface area contributed by atoms with Crippen LogP contribution in [0.1, 0.15) is 46.2 Å². The molecule has 1 saturated heterocycles. The molecule has 1 aliphatic rings. The second-order valence-corrected chi connectivity index (χ2v) is 7.73. The topological polar surface area (TPSA) is 97.6 Å². The molecule has 2 heterocycles. The van der Waals surface area contributed by atoms with Crippen molar-refractivity contribution in [2.45, 2.75) is 58.6 Å². The van der Waals surface area contributed by atoms with Crippen LogP contribution in [0, 0.1) is 10.1 Å². The van der Waals surface area contributed by atoms with Crippen molar-refractivity contribution >= 4 is 29.1 Å². The van der Waals surface area contributed by atoms with Crippen LogP contribution in [0.4, 0.5) is 16.2 Å². The fourth-order valence-electron chi connectivity index (χ4n) is 2.87. The summed E-state index contributed by atoms with van der Waals surface area (Å²) in [5.74, 6) is 0. The SMILES string of the molecule is CCc1cc(N2CCCC(OC(=O)NC(C)(C)C)C2)c([N+](=O)[O-])c(Cl)n1. The minimum absolute atomic E-state index is 0.113. The lowest BCUT2D eigenvalue weighted by atomic mass is 10.1. The molecule has 0 saturated carbocycles. The van der Waals surface area contributed by atoms with Gasteiger partial charge >= 0.3 is 11.8 Å².